The number of nitrogens with zero attached hydrogens (tertiary/aromatic N) is 1. The van der Waals surface area contributed by atoms with E-state index in [2.05, 4.69) is 10.1 Å². The minimum Gasteiger partial charge on any atom is -0.490 e. The molecule has 4 amide bonds. The first-order chi connectivity index (χ1) is 18.7. The van der Waals surface area contributed by atoms with Crippen molar-refractivity contribution < 1.29 is 33.4 Å². The number of amides is 4. The molecule has 0 bridgehead atoms. The molecule has 1 fully saturated rings. The number of methoxy groups -OCH3 is 1. The fourth-order valence-electron chi connectivity index (χ4n) is 3.95. The van der Waals surface area contributed by atoms with Gasteiger partial charge in [0.1, 0.15) is 12.2 Å². The van der Waals surface area contributed by atoms with Crippen LogP contribution < -0.4 is 19.7 Å². The van der Waals surface area contributed by atoms with E-state index in [4.69, 9.17) is 21.1 Å². The smallest absolute Gasteiger partial charge is 0.337 e. The van der Waals surface area contributed by atoms with Crippen LogP contribution in [0.15, 0.2) is 66.2 Å². The van der Waals surface area contributed by atoms with Crippen LogP contribution in [-0.2, 0) is 20.9 Å². The predicted octanol–water partition coefficient (Wildman–Crippen LogP) is 5.08. The molecule has 1 aliphatic rings. The summed E-state index contributed by atoms with van der Waals surface area (Å²) in [7, 11) is 1.24. The Kier molecular flexibility index (Phi) is 8.31. The lowest BCUT2D eigenvalue weighted by Gasteiger charge is -2.26. The summed E-state index contributed by atoms with van der Waals surface area (Å²) in [6.07, 6.45) is 1.32. The van der Waals surface area contributed by atoms with Crippen molar-refractivity contribution in [1.29, 1.82) is 0 Å². The van der Waals surface area contributed by atoms with E-state index in [1.165, 1.54) is 43.5 Å². The van der Waals surface area contributed by atoms with Gasteiger partial charge in [-0.15, -0.1) is 0 Å². The second kappa shape index (κ2) is 11.8. The standard InChI is InChI=1S/C29H25ClN2O7/c1-4-38-24-15-19(14-23(30)25(24)39-16-18-7-5-6-17(2)12-18)13-22-26(33)31-29(36)32(27(22)34)21-10-8-20(9-11-21)28(35)37-3/h5-15H,4,16H2,1-3H3,(H,31,33,36)/b22-13+. The molecular weight excluding hydrogens is 524 g/mol. The number of rotatable bonds is 8. The normalized spacial score (nSPS) is 14.3. The number of benzene rings is 3. The lowest BCUT2D eigenvalue weighted by Crippen LogP contribution is -2.54. The number of carbonyl (C=O) groups excluding carboxylic acids is 4. The summed E-state index contributed by atoms with van der Waals surface area (Å²) in [5.41, 5.74) is 2.54. The Balaban J connectivity index is 1.64. The first-order valence-electron chi connectivity index (χ1n) is 12.0. The molecule has 3 aromatic rings. The lowest BCUT2D eigenvalue weighted by molar-refractivity contribution is -0.122. The Morgan fingerprint density at radius 2 is 1.77 bits per heavy atom. The number of ether oxygens (including phenoxy) is 3. The largest absolute Gasteiger partial charge is 0.490 e. The number of hydrogen-bond acceptors (Lipinski definition) is 7. The van der Waals surface area contributed by atoms with Gasteiger partial charge < -0.3 is 14.2 Å². The number of anilines is 1. The maximum absolute atomic E-state index is 13.3. The van der Waals surface area contributed by atoms with Gasteiger partial charge >= 0.3 is 12.0 Å². The van der Waals surface area contributed by atoms with Crippen molar-refractivity contribution >= 4 is 47.2 Å². The van der Waals surface area contributed by atoms with Crippen LogP contribution in [0.1, 0.15) is 34.0 Å². The number of aryl methyl sites for hydroxylation is 1. The number of urea groups is 1. The molecule has 3 aromatic carbocycles. The average molecular weight is 549 g/mol. The van der Waals surface area contributed by atoms with E-state index in [1.807, 2.05) is 31.2 Å². The molecule has 0 atom stereocenters. The molecule has 0 saturated carbocycles. The van der Waals surface area contributed by atoms with Gasteiger partial charge in [-0.1, -0.05) is 41.4 Å². The molecule has 0 spiro atoms. The summed E-state index contributed by atoms with van der Waals surface area (Å²) >= 11 is 6.54. The van der Waals surface area contributed by atoms with E-state index in [0.717, 1.165) is 16.0 Å². The molecule has 4 rings (SSSR count). The molecule has 200 valence electrons. The Morgan fingerprint density at radius 1 is 1.03 bits per heavy atom. The highest BCUT2D eigenvalue weighted by atomic mass is 35.5. The Bertz CT molecular complexity index is 1480. The maximum atomic E-state index is 13.3. The first-order valence-corrected chi connectivity index (χ1v) is 12.3. The quantitative estimate of drug-likeness (QED) is 0.237. The van der Waals surface area contributed by atoms with Crippen molar-refractivity contribution in [1.82, 2.24) is 5.32 Å². The van der Waals surface area contributed by atoms with Gasteiger partial charge in [-0.05, 0) is 67.4 Å². The summed E-state index contributed by atoms with van der Waals surface area (Å²) in [4.78, 5) is 51.0. The summed E-state index contributed by atoms with van der Waals surface area (Å²) in [6.45, 7) is 4.37. The van der Waals surface area contributed by atoms with Crippen molar-refractivity contribution in [2.75, 3.05) is 18.6 Å². The van der Waals surface area contributed by atoms with E-state index in [9.17, 15) is 19.2 Å². The van der Waals surface area contributed by atoms with E-state index < -0.39 is 23.8 Å². The lowest BCUT2D eigenvalue weighted by atomic mass is 10.1. The molecule has 9 nitrogen and oxygen atoms in total. The molecular formula is C29H25ClN2O7. The fraction of sp³-hybridized carbons (Fsp3) is 0.172. The summed E-state index contributed by atoms with van der Waals surface area (Å²) in [6, 6.07) is 15.7. The van der Waals surface area contributed by atoms with Gasteiger partial charge in [-0.2, -0.15) is 0 Å². The highest BCUT2D eigenvalue weighted by Gasteiger charge is 2.37. The van der Waals surface area contributed by atoms with Gasteiger partial charge in [0.05, 0.1) is 30.0 Å². The molecule has 39 heavy (non-hydrogen) atoms. The van der Waals surface area contributed by atoms with Crippen LogP contribution in [0.2, 0.25) is 5.02 Å². The Labute approximate surface area is 229 Å². The topological polar surface area (TPSA) is 111 Å². The van der Waals surface area contributed by atoms with Gasteiger partial charge in [0.15, 0.2) is 11.5 Å². The van der Waals surface area contributed by atoms with E-state index in [-0.39, 0.29) is 28.5 Å². The predicted molar refractivity (Wildman–Crippen MR) is 145 cm³/mol. The second-order valence-corrected chi connectivity index (χ2v) is 8.94. The number of esters is 1. The highest BCUT2D eigenvalue weighted by Crippen LogP contribution is 2.38. The monoisotopic (exact) mass is 548 g/mol. The third-order valence-electron chi connectivity index (χ3n) is 5.76. The van der Waals surface area contributed by atoms with E-state index in [0.29, 0.717) is 23.7 Å². The van der Waals surface area contributed by atoms with Gasteiger partial charge in [0.25, 0.3) is 11.8 Å². The number of hydrogen-bond donors (Lipinski definition) is 1. The van der Waals surface area contributed by atoms with Crippen molar-refractivity contribution in [2.45, 2.75) is 20.5 Å². The molecule has 10 heteroatoms. The summed E-state index contributed by atoms with van der Waals surface area (Å²) in [5, 5.41) is 2.38. The maximum Gasteiger partial charge on any atom is 0.337 e. The van der Waals surface area contributed by atoms with Crippen LogP contribution in [0.25, 0.3) is 6.08 Å². The molecule has 1 saturated heterocycles. The van der Waals surface area contributed by atoms with E-state index in [1.54, 1.807) is 13.0 Å². The van der Waals surface area contributed by atoms with Crippen LogP contribution >= 0.6 is 11.6 Å². The molecule has 1 N–H and O–H groups in total. The van der Waals surface area contributed by atoms with Crippen molar-refractivity contribution in [3.05, 3.63) is 93.5 Å². The molecule has 1 aliphatic heterocycles. The zero-order valence-corrected chi connectivity index (χ0v) is 22.2. The minimum absolute atomic E-state index is 0.163. The van der Waals surface area contributed by atoms with Crippen LogP contribution in [0.3, 0.4) is 0 Å². The second-order valence-electron chi connectivity index (χ2n) is 8.54. The SMILES string of the molecule is CCOc1cc(/C=C2\C(=O)NC(=O)N(c3ccc(C(=O)OC)cc3)C2=O)cc(Cl)c1OCc1cccc(C)c1. The first kappa shape index (κ1) is 27.4. The van der Waals surface area contributed by atoms with Gasteiger partial charge in [-0.3, -0.25) is 14.9 Å². The van der Waals surface area contributed by atoms with Crippen molar-refractivity contribution in [2.24, 2.45) is 0 Å². The third kappa shape index (κ3) is 6.10. The minimum atomic E-state index is -0.916. The van der Waals surface area contributed by atoms with Crippen LogP contribution in [0.5, 0.6) is 11.5 Å². The third-order valence-corrected chi connectivity index (χ3v) is 6.04. The fourth-order valence-corrected chi connectivity index (χ4v) is 4.23. The number of nitrogens with one attached hydrogen (secondary N) is 1. The zero-order chi connectivity index (χ0) is 28.1. The molecule has 0 unspecified atom stereocenters. The molecule has 0 aliphatic carbocycles. The number of carbonyl (C=O) groups is 4. The molecule has 0 aromatic heterocycles. The van der Waals surface area contributed by atoms with Gasteiger partial charge in [-0.25, -0.2) is 14.5 Å². The van der Waals surface area contributed by atoms with Gasteiger partial charge in [0, 0.05) is 0 Å². The summed E-state index contributed by atoms with van der Waals surface area (Å²) in [5.74, 6) is -1.62. The zero-order valence-electron chi connectivity index (χ0n) is 21.4. The highest BCUT2D eigenvalue weighted by molar-refractivity contribution is 6.39. The van der Waals surface area contributed by atoms with Crippen LogP contribution in [0, 0.1) is 6.92 Å². The van der Waals surface area contributed by atoms with Crippen LogP contribution in [0.4, 0.5) is 10.5 Å². The van der Waals surface area contributed by atoms with Gasteiger partial charge in [0.2, 0.25) is 0 Å². The van der Waals surface area contributed by atoms with Crippen molar-refractivity contribution in [3.63, 3.8) is 0 Å². The molecule has 1 heterocycles. The van der Waals surface area contributed by atoms with Crippen LogP contribution in [-0.4, -0.2) is 37.5 Å². The summed E-state index contributed by atoms with van der Waals surface area (Å²) < 4.78 is 16.4. The number of imide groups is 2. The van der Waals surface area contributed by atoms with E-state index >= 15 is 0 Å². The Morgan fingerprint density at radius 3 is 2.44 bits per heavy atom. The number of halogens is 1. The van der Waals surface area contributed by atoms with Crippen molar-refractivity contribution in [3.8, 4) is 11.5 Å². The number of barbiturate groups is 1. The Hall–Kier alpha value is -4.63. The average Bonchev–Trinajstić information content (AvgIpc) is 2.90. The molecule has 0 radical (unpaired) electrons.